The lowest BCUT2D eigenvalue weighted by Crippen LogP contribution is -2.26. The maximum absolute atomic E-state index is 11.9. The van der Waals surface area contributed by atoms with Crippen LogP contribution in [0.25, 0.3) is 0 Å². The molecule has 2 rings (SSSR count). The maximum atomic E-state index is 11.9. The summed E-state index contributed by atoms with van der Waals surface area (Å²) in [5.41, 5.74) is 3.68. The number of aromatic nitrogens is 2. The predicted octanol–water partition coefficient (Wildman–Crippen LogP) is 1.86. The van der Waals surface area contributed by atoms with Crippen molar-refractivity contribution in [1.29, 1.82) is 0 Å². The van der Waals surface area contributed by atoms with Crippen LogP contribution >= 0.6 is 11.3 Å². The largest absolute Gasteiger partial charge is 0.478 e. The molecule has 0 radical (unpaired) electrons. The second-order valence-corrected chi connectivity index (χ2v) is 5.03. The van der Waals surface area contributed by atoms with Crippen molar-refractivity contribution >= 4 is 17.3 Å². The van der Waals surface area contributed by atoms with Crippen LogP contribution in [-0.4, -0.2) is 20.6 Å². The number of nitrogens with zero attached hydrogens (tertiary/aromatic N) is 2. The zero-order valence-corrected chi connectivity index (χ0v) is 11.5. The predicted molar refractivity (Wildman–Crippen MR) is 73.0 cm³/mol. The molecule has 0 aliphatic heterocycles. The third-order valence-corrected chi connectivity index (χ3v) is 3.69. The van der Waals surface area contributed by atoms with Gasteiger partial charge in [-0.3, -0.25) is 4.79 Å². The fraction of sp³-hybridized carbons (Fsp3) is 0.308. The van der Waals surface area contributed by atoms with Crippen LogP contribution in [0.3, 0.4) is 0 Å². The first-order valence-electron chi connectivity index (χ1n) is 5.82. The molecule has 0 saturated carbocycles. The molecule has 0 amide bonds. The summed E-state index contributed by atoms with van der Waals surface area (Å²) < 4.78 is 1.50. The van der Waals surface area contributed by atoms with Gasteiger partial charge in [0.05, 0.1) is 16.8 Å². The van der Waals surface area contributed by atoms with Crippen molar-refractivity contribution in [1.82, 2.24) is 9.55 Å². The Morgan fingerprint density at radius 1 is 1.47 bits per heavy atom. The summed E-state index contributed by atoms with van der Waals surface area (Å²) in [5.74, 6) is -1.00. The highest BCUT2D eigenvalue weighted by atomic mass is 32.1. The zero-order valence-electron chi connectivity index (χ0n) is 10.7. The van der Waals surface area contributed by atoms with Crippen LogP contribution in [0.1, 0.15) is 27.3 Å². The Balaban J connectivity index is 2.37. The molecule has 0 aliphatic rings. The number of aryl methyl sites for hydroxylation is 2. The number of hydrogen-bond donors (Lipinski definition) is 1. The van der Waals surface area contributed by atoms with Crippen molar-refractivity contribution < 1.29 is 9.90 Å². The molecule has 2 aromatic heterocycles. The Morgan fingerprint density at radius 2 is 2.21 bits per heavy atom. The molecule has 0 atom stereocenters. The van der Waals surface area contributed by atoms with Gasteiger partial charge in [0.2, 0.25) is 0 Å². The summed E-state index contributed by atoms with van der Waals surface area (Å²) in [4.78, 5) is 27.3. The van der Waals surface area contributed by atoms with Crippen molar-refractivity contribution in [3.8, 4) is 0 Å². The summed E-state index contributed by atoms with van der Waals surface area (Å²) in [5, 5.41) is 11.1. The van der Waals surface area contributed by atoms with E-state index in [9.17, 15) is 14.7 Å². The van der Waals surface area contributed by atoms with Crippen molar-refractivity contribution in [2.75, 3.05) is 0 Å². The molecule has 19 heavy (non-hydrogen) atoms. The number of aromatic carboxylic acids is 1. The Labute approximate surface area is 114 Å². The monoisotopic (exact) mass is 278 g/mol. The van der Waals surface area contributed by atoms with E-state index in [4.69, 9.17) is 0 Å². The first-order valence-corrected chi connectivity index (χ1v) is 6.76. The summed E-state index contributed by atoms with van der Waals surface area (Å²) in [7, 11) is 0. The summed E-state index contributed by atoms with van der Waals surface area (Å²) >= 11 is 1.50. The third kappa shape index (κ3) is 2.73. The van der Waals surface area contributed by atoms with Gasteiger partial charge in [-0.15, -0.1) is 11.3 Å². The lowest BCUT2D eigenvalue weighted by atomic mass is 10.1. The second-order valence-electron chi connectivity index (χ2n) is 4.31. The van der Waals surface area contributed by atoms with Gasteiger partial charge >= 0.3 is 5.97 Å². The minimum atomic E-state index is -1.00. The van der Waals surface area contributed by atoms with E-state index in [1.54, 1.807) is 19.4 Å². The zero-order chi connectivity index (χ0) is 14.0. The number of rotatable bonds is 4. The number of carboxylic acids is 1. The molecule has 0 fully saturated rings. The standard InChI is InChI=1S/C13H14N2O3S/c1-8-5-11(16)15(9(2)12(8)13(17)18)4-3-10-6-19-7-14-10/h5-7H,3-4H2,1-2H3,(H,17,18). The van der Waals surface area contributed by atoms with Crippen molar-refractivity contribution in [2.45, 2.75) is 26.8 Å². The number of thiazole rings is 1. The Morgan fingerprint density at radius 3 is 2.79 bits per heavy atom. The van der Waals surface area contributed by atoms with Crippen LogP contribution < -0.4 is 5.56 Å². The molecule has 1 N–H and O–H groups in total. The third-order valence-electron chi connectivity index (χ3n) is 3.06. The molecule has 0 bridgehead atoms. The molecule has 2 heterocycles. The van der Waals surface area contributed by atoms with E-state index in [0.29, 0.717) is 24.2 Å². The molecule has 0 aliphatic carbocycles. The highest BCUT2D eigenvalue weighted by Crippen LogP contribution is 2.12. The van der Waals surface area contributed by atoms with Crippen LogP contribution in [0.4, 0.5) is 0 Å². The van der Waals surface area contributed by atoms with Crippen molar-refractivity contribution in [3.05, 3.63) is 49.8 Å². The molecule has 6 heteroatoms. The van der Waals surface area contributed by atoms with Gasteiger partial charge in [-0.1, -0.05) is 0 Å². The van der Waals surface area contributed by atoms with E-state index in [1.165, 1.54) is 22.0 Å². The van der Waals surface area contributed by atoms with E-state index < -0.39 is 5.97 Å². The average molecular weight is 278 g/mol. The molecule has 0 saturated heterocycles. The highest BCUT2D eigenvalue weighted by molar-refractivity contribution is 7.07. The topological polar surface area (TPSA) is 72.2 Å². The van der Waals surface area contributed by atoms with Gasteiger partial charge in [0.15, 0.2) is 0 Å². The minimum Gasteiger partial charge on any atom is -0.478 e. The van der Waals surface area contributed by atoms with Crippen LogP contribution in [-0.2, 0) is 13.0 Å². The Hall–Kier alpha value is -1.95. The molecule has 2 aromatic rings. The van der Waals surface area contributed by atoms with Gasteiger partial charge in [0.1, 0.15) is 0 Å². The Bertz CT molecular complexity index is 659. The average Bonchev–Trinajstić information content (AvgIpc) is 2.80. The minimum absolute atomic E-state index is 0.171. The van der Waals surface area contributed by atoms with Gasteiger partial charge in [0, 0.05) is 30.1 Å². The summed E-state index contributed by atoms with van der Waals surface area (Å²) in [6, 6.07) is 1.37. The molecule has 0 spiro atoms. The van der Waals surface area contributed by atoms with E-state index in [-0.39, 0.29) is 11.1 Å². The lowest BCUT2D eigenvalue weighted by molar-refractivity contribution is 0.0694. The number of carboxylic acid groups (broad SMARTS) is 1. The Kier molecular flexibility index (Phi) is 3.80. The van der Waals surface area contributed by atoms with Crippen LogP contribution in [0, 0.1) is 13.8 Å². The van der Waals surface area contributed by atoms with Gasteiger partial charge < -0.3 is 9.67 Å². The van der Waals surface area contributed by atoms with E-state index >= 15 is 0 Å². The van der Waals surface area contributed by atoms with Crippen molar-refractivity contribution in [3.63, 3.8) is 0 Å². The molecule has 0 aromatic carbocycles. The van der Waals surface area contributed by atoms with Crippen LogP contribution in [0.15, 0.2) is 21.8 Å². The molecular weight excluding hydrogens is 264 g/mol. The smallest absolute Gasteiger partial charge is 0.337 e. The SMILES string of the molecule is Cc1cc(=O)n(CCc2cscn2)c(C)c1C(=O)O. The lowest BCUT2D eigenvalue weighted by Gasteiger charge is -2.13. The van der Waals surface area contributed by atoms with Gasteiger partial charge in [-0.2, -0.15) is 0 Å². The van der Waals surface area contributed by atoms with Gasteiger partial charge in [-0.25, -0.2) is 9.78 Å². The first kappa shape index (κ1) is 13.5. The number of pyridine rings is 1. The molecule has 0 unspecified atom stereocenters. The molecule has 100 valence electrons. The fourth-order valence-corrected chi connectivity index (χ4v) is 2.70. The van der Waals surface area contributed by atoms with Crippen LogP contribution in [0.2, 0.25) is 0 Å². The molecular formula is C13H14N2O3S. The second kappa shape index (κ2) is 5.36. The van der Waals surface area contributed by atoms with Gasteiger partial charge in [-0.05, 0) is 19.4 Å². The number of hydrogen-bond acceptors (Lipinski definition) is 4. The number of carbonyl (C=O) groups is 1. The molecule has 5 nitrogen and oxygen atoms in total. The van der Waals surface area contributed by atoms with Crippen LogP contribution in [0.5, 0.6) is 0 Å². The van der Waals surface area contributed by atoms with E-state index in [1.807, 2.05) is 5.38 Å². The van der Waals surface area contributed by atoms with E-state index in [0.717, 1.165) is 5.69 Å². The van der Waals surface area contributed by atoms with Gasteiger partial charge in [0.25, 0.3) is 5.56 Å². The van der Waals surface area contributed by atoms with Crippen molar-refractivity contribution in [2.24, 2.45) is 0 Å². The first-order chi connectivity index (χ1) is 9.00. The van der Waals surface area contributed by atoms with E-state index in [2.05, 4.69) is 4.98 Å². The normalized spacial score (nSPS) is 10.6. The summed E-state index contributed by atoms with van der Waals surface area (Å²) in [6.45, 7) is 3.75. The quantitative estimate of drug-likeness (QED) is 0.926. The fourth-order valence-electron chi connectivity index (χ4n) is 2.11. The maximum Gasteiger partial charge on any atom is 0.337 e. The summed E-state index contributed by atoms with van der Waals surface area (Å²) in [6.07, 6.45) is 0.617. The highest BCUT2D eigenvalue weighted by Gasteiger charge is 2.15.